The second-order valence-electron chi connectivity index (χ2n) is 5.78. The molecule has 0 spiro atoms. The van der Waals surface area contributed by atoms with E-state index in [0.29, 0.717) is 29.2 Å². The molecule has 0 aliphatic rings. The van der Waals surface area contributed by atoms with E-state index >= 15 is 0 Å². The summed E-state index contributed by atoms with van der Waals surface area (Å²) in [6.07, 6.45) is -6.64. The van der Waals surface area contributed by atoms with Gasteiger partial charge in [-0.1, -0.05) is 0 Å². The molecular weight excluding hydrogens is 375 g/mol. The summed E-state index contributed by atoms with van der Waals surface area (Å²) >= 11 is 0. The lowest BCUT2D eigenvalue weighted by Gasteiger charge is -2.11. The third kappa shape index (κ3) is 4.80. The molecule has 1 heterocycles. The predicted molar refractivity (Wildman–Crippen MR) is 86.3 cm³/mol. The summed E-state index contributed by atoms with van der Waals surface area (Å²) < 4.78 is 65.9. The number of rotatable bonds is 4. The summed E-state index contributed by atoms with van der Waals surface area (Å²) in [5.41, 5.74) is -0.0580. The maximum atomic E-state index is 14.0. The van der Waals surface area contributed by atoms with E-state index in [0.717, 1.165) is 0 Å². The fraction of sp³-hybridized carbons (Fsp3) is 0.312. The van der Waals surface area contributed by atoms with E-state index in [4.69, 9.17) is 0 Å². The fourth-order valence-electron chi connectivity index (χ4n) is 2.33. The number of aryl methyl sites for hydroxylation is 2. The van der Waals surface area contributed by atoms with Crippen LogP contribution in [0.15, 0.2) is 12.1 Å². The molecule has 0 fully saturated rings. The van der Waals surface area contributed by atoms with E-state index in [1.807, 2.05) is 0 Å². The van der Waals surface area contributed by atoms with Crippen LogP contribution >= 0.6 is 0 Å². The SMILES string of the molecule is Cc1nn(C)c(C)c1NC(=O)c1cc(NC(=O)CC(F)(F)F)c(F)cc1F. The van der Waals surface area contributed by atoms with Gasteiger partial charge in [0.1, 0.15) is 18.1 Å². The highest BCUT2D eigenvalue weighted by molar-refractivity contribution is 6.06. The molecule has 0 atom stereocenters. The Balaban J connectivity index is 2.29. The number of benzene rings is 1. The number of nitrogens with one attached hydrogen (secondary N) is 2. The van der Waals surface area contributed by atoms with Crippen molar-refractivity contribution in [1.82, 2.24) is 9.78 Å². The van der Waals surface area contributed by atoms with Gasteiger partial charge < -0.3 is 10.6 Å². The van der Waals surface area contributed by atoms with Crippen LogP contribution in [0, 0.1) is 25.5 Å². The summed E-state index contributed by atoms with van der Waals surface area (Å²) in [4.78, 5) is 23.6. The zero-order valence-electron chi connectivity index (χ0n) is 14.5. The normalized spacial score (nSPS) is 11.4. The van der Waals surface area contributed by atoms with Gasteiger partial charge in [-0.15, -0.1) is 0 Å². The number of carbonyl (C=O) groups is 2. The van der Waals surface area contributed by atoms with Gasteiger partial charge in [0, 0.05) is 13.1 Å². The van der Waals surface area contributed by atoms with Crippen LogP contribution in [0.3, 0.4) is 0 Å². The van der Waals surface area contributed by atoms with Gasteiger partial charge in [-0.05, 0) is 19.9 Å². The number of hydrogen-bond donors (Lipinski definition) is 2. The Bertz CT molecular complexity index is 905. The van der Waals surface area contributed by atoms with E-state index in [-0.39, 0.29) is 0 Å². The number of halogens is 5. The number of anilines is 2. The number of aromatic nitrogens is 2. The molecule has 27 heavy (non-hydrogen) atoms. The van der Waals surface area contributed by atoms with E-state index < -0.39 is 47.3 Å². The maximum absolute atomic E-state index is 14.0. The minimum Gasteiger partial charge on any atom is -0.323 e. The molecule has 2 aromatic rings. The third-order valence-corrected chi connectivity index (χ3v) is 3.68. The van der Waals surface area contributed by atoms with E-state index in [1.54, 1.807) is 26.2 Å². The van der Waals surface area contributed by atoms with Gasteiger partial charge in [0.2, 0.25) is 5.91 Å². The Morgan fingerprint density at radius 2 is 1.74 bits per heavy atom. The molecule has 0 aliphatic heterocycles. The zero-order valence-corrected chi connectivity index (χ0v) is 14.5. The Morgan fingerprint density at radius 1 is 1.11 bits per heavy atom. The van der Waals surface area contributed by atoms with Crippen molar-refractivity contribution in [2.24, 2.45) is 7.05 Å². The molecule has 0 saturated heterocycles. The summed E-state index contributed by atoms with van der Waals surface area (Å²) in [5.74, 6) is -5.07. The zero-order chi connectivity index (χ0) is 20.5. The Labute approximate surface area is 150 Å². The van der Waals surface area contributed by atoms with Gasteiger partial charge in [-0.3, -0.25) is 14.3 Å². The lowest BCUT2D eigenvalue weighted by atomic mass is 10.1. The van der Waals surface area contributed by atoms with Crippen molar-refractivity contribution in [3.05, 3.63) is 40.7 Å². The molecular formula is C16H15F5N4O2. The summed E-state index contributed by atoms with van der Waals surface area (Å²) in [6, 6.07) is 0.941. The van der Waals surface area contributed by atoms with Gasteiger partial charge in [0.05, 0.1) is 28.3 Å². The second-order valence-corrected chi connectivity index (χ2v) is 5.78. The summed E-state index contributed by atoms with van der Waals surface area (Å²) in [6.45, 7) is 3.26. The third-order valence-electron chi connectivity index (χ3n) is 3.68. The van der Waals surface area contributed by atoms with Crippen molar-refractivity contribution in [3.8, 4) is 0 Å². The van der Waals surface area contributed by atoms with Gasteiger partial charge >= 0.3 is 6.18 Å². The number of amides is 2. The summed E-state index contributed by atoms with van der Waals surface area (Å²) in [7, 11) is 1.63. The predicted octanol–water partition coefficient (Wildman–Crippen LogP) is 3.46. The first-order chi connectivity index (χ1) is 12.4. The first-order valence-corrected chi connectivity index (χ1v) is 7.56. The molecule has 6 nitrogen and oxygen atoms in total. The topological polar surface area (TPSA) is 76.0 Å². The highest BCUT2D eigenvalue weighted by Crippen LogP contribution is 2.25. The molecule has 1 aromatic heterocycles. The van der Waals surface area contributed by atoms with Crippen LogP contribution in [0.5, 0.6) is 0 Å². The molecule has 0 aliphatic carbocycles. The standard InChI is InChI=1S/C16H15F5N4O2/c1-7-14(8(2)25(3)24-7)23-15(27)9-4-12(11(18)5-10(9)17)22-13(26)6-16(19,20)21/h4-5H,6H2,1-3H3,(H,22,26)(H,23,27). The Hall–Kier alpha value is -2.98. The molecule has 0 bridgehead atoms. The molecule has 2 N–H and O–H groups in total. The fourth-order valence-corrected chi connectivity index (χ4v) is 2.33. The van der Waals surface area contributed by atoms with E-state index in [9.17, 15) is 31.5 Å². The lowest BCUT2D eigenvalue weighted by molar-refractivity contribution is -0.150. The minimum absolute atomic E-state index is 0.307. The maximum Gasteiger partial charge on any atom is 0.397 e. The van der Waals surface area contributed by atoms with Crippen LogP contribution in [0.4, 0.5) is 33.3 Å². The monoisotopic (exact) mass is 390 g/mol. The molecule has 2 rings (SSSR count). The molecule has 0 saturated carbocycles. The van der Waals surface area contributed by atoms with Crippen LogP contribution in [-0.4, -0.2) is 27.8 Å². The van der Waals surface area contributed by atoms with Crippen LogP contribution in [0.25, 0.3) is 0 Å². The minimum atomic E-state index is -4.80. The van der Waals surface area contributed by atoms with Gasteiger partial charge in [0.15, 0.2) is 0 Å². The molecule has 146 valence electrons. The number of alkyl halides is 3. The van der Waals surface area contributed by atoms with Crippen molar-refractivity contribution >= 4 is 23.2 Å². The second kappa shape index (κ2) is 7.33. The average molecular weight is 390 g/mol. The van der Waals surface area contributed by atoms with E-state index in [2.05, 4.69) is 10.4 Å². The molecule has 0 unspecified atom stereocenters. The number of nitrogens with zero attached hydrogens (tertiary/aromatic N) is 2. The largest absolute Gasteiger partial charge is 0.397 e. The lowest BCUT2D eigenvalue weighted by Crippen LogP contribution is -2.22. The van der Waals surface area contributed by atoms with Crippen LogP contribution < -0.4 is 10.6 Å². The Kier molecular flexibility index (Phi) is 5.52. The first kappa shape index (κ1) is 20.3. The molecule has 1 aromatic carbocycles. The van der Waals surface area contributed by atoms with Gasteiger partial charge in [0.25, 0.3) is 5.91 Å². The van der Waals surface area contributed by atoms with Gasteiger partial charge in [-0.2, -0.15) is 18.3 Å². The molecule has 2 amide bonds. The number of carbonyl (C=O) groups excluding carboxylic acids is 2. The van der Waals surface area contributed by atoms with Crippen molar-refractivity contribution in [2.45, 2.75) is 26.4 Å². The van der Waals surface area contributed by atoms with Gasteiger partial charge in [-0.25, -0.2) is 8.78 Å². The van der Waals surface area contributed by atoms with Crippen molar-refractivity contribution < 1.29 is 31.5 Å². The van der Waals surface area contributed by atoms with Crippen LogP contribution in [0.2, 0.25) is 0 Å². The van der Waals surface area contributed by atoms with Crippen molar-refractivity contribution in [2.75, 3.05) is 10.6 Å². The Morgan fingerprint density at radius 3 is 2.26 bits per heavy atom. The van der Waals surface area contributed by atoms with Crippen LogP contribution in [0.1, 0.15) is 28.2 Å². The highest BCUT2D eigenvalue weighted by atomic mass is 19.4. The summed E-state index contributed by atoms with van der Waals surface area (Å²) in [5, 5.41) is 8.17. The highest BCUT2D eigenvalue weighted by Gasteiger charge is 2.31. The number of hydrogen-bond acceptors (Lipinski definition) is 3. The van der Waals surface area contributed by atoms with Crippen molar-refractivity contribution in [1.29, 1.82) is 0 Å². The smallest absolute Gasteiger partial charge is 0.323 e. The molecule has 0 radical (unpaired) electrons. The average Bonchev–Trinajstić information content (AvgIpc) is 2.74. The van der Waals surface area contributed by atoms with E-state index in [1.165, 1.54) is 4.68 Å². The quantitative estimate of drug-likeness (QED) is 0.785. The first-order valence-electron chi connectivity index (χ1n) is 7.56. The van der Waals surface area contributed by atoms with Crippen molar-refractivity contribution in [3.63, 3.8) is 0 Å². The van der Waals surface area contributed by atoms with Crippen LogP contribution in [-0.2, 0) is 11.8 Å². The molecule has 11 heteroatoms.